The predicted octanol–water partition coefficient (Wildman–Crippen LogP) is 1.81. The summed E-state index contributed by atoms with van der Waals surface area (Å²) in [6.45, 7) is 6.93. The van der Waals surface area contributed by atoms with E-state index in [1.165, 1.54) is 0 Å². The minimum Gasteiger partial charge on any atom is -0.496 e. The maximum atomic E-state index is 12.5. The second kappa shape index (κ2) is 5.56. The number of methoxy groups -OCH3 is 1. The molecule has 0 saturated carbocycles. The summed E-state index contributed by atoms with van der Waals surface area (Å²) >= 11 is 0. The Kier molecular flexibility index (Phi) is 4.14. The van der Waals surface area contributed by atoms with Crippen molar-refractivity contribution in [2.45, 2.75) is 32.4 Å². The number of nitrogens with zero attached hydrogens (tertiary/aromatic N) is 2. The minimum atomic E-state index is -0.665. The van der Waals surface area contributed by atoms with Crippen LogP contribution in [0.2, 0.25) is 0 Å². The summed E-state index contributed by atoms with van der Waals surface area (Å²) in [5.74, 6) is 0.720. The van der Waals surface area contributed by atoms with Crippen molar-refractivity contribution in [3.05, 3.63) is 23.8 Å². The molecule has 0 spiro atoms. The van der Waals surface area contributed by atoms with Crippen molar-refractivity contribution in [2.24, 2.45) is 0 Å². The first-order valence-electron chi connectivity index (χ1n) is 7.19. The van der Waals surface area contributed by atoms with E-state index in [0.717, 1.165) is 17.8 Å². The standard InChI is InChI=1S/C16H24N2O3/c1-11(19)14-12(7-6-8-13(14)21-5)18-10-9-17(4)15(20)16(18,2)3/h6-8,11,19H,9-10H2,1-5H3/t11-/m1/s1. The number of anilines is 1. The van der Waals surface area contributed by atoms with E-state index < -0.39 is 11.6 Å². The number of carbonyl (C=O) groups is 1. The highest BCUT2D eigenvalue weighted by Crippen LogP contribution is 2.38. The van der Waals surface area contributed by atoms with Gasteiger partial charge in [-0.05, 0) is 32.9 Å². The Morgan fingerprint density at radius 3 is 2.57 bits per heavy atom. The maximum absolute atomic E-state index is 12.5. The molecule has 0 radical (unpaired) electrons. The zero-order chi connectivity index (χ0) is 15.8. The summed E-state index contributed by atoms with van der Waals surface area (Å²) in [6.07, 6.45) is -0.665. The quantitative estimate of drug-likeness (QED) is 0.923. The van der Waals surface area contributed by atoms with Gasteiger partial charge in [0.1, 0.15) is 11.3 Å². The first-order valence-corrected chi connectivity index (χ1v) is 7.19. The topological polar surface area (TPSA) is 53.0 Å². The van der Waals surface area contributed by atoms with Gasteiger partial charge in [-0.1, -0.05) is 6.07 Å². The SMILES string of the molecule is COc1cccc(N2CCN(C)C(=O)C2(C)C)c1[C@@H](C)O. The number of amides is 1. The van der Waals surface area contributed by atoms with Crippen LogP contribution in [0, 0.1) is 0 Å². The van der Waals surface area contributed by atoms with Crippen LogP contribution in [0.15, 0.2) is 18.2 Å². The van der Waals surface area contributed by atoms with Gasteiger partial charge in [-0.2, -0.15) is 0 Å². The van der Waals surface area contributed by atoms with Gasteiger partial charge in [-0.15, -0.1) is 0 Å². The number of aliphatic hydroxyl groups is 1. The number of carbonyl (C=O) groups excluding carboxylic acids is 1. The largest absolute Gasteiger partial charge is 0.496 e. The molecule has 5 heteroatoms. The van der Waals surface area contributed by atoms with Crippen molar-refractivity contribution in [3.63, 3.8) is 0 Å². The number of likely N-dealkylation sites (N-methyl/N-ethyl adjacent to an activating group) is 1. The third kappa shape index (κ3) is 2.58. The molecule has 2 rings (SSSR count). The van der Waals surface area contributed by atoms with Crippen molar-refractivity contribution in [1.82, 2.24) is 4.90 Å². The lowest BCUT2D eigenvalue weighted by molar-refractivity contribution is -0.136. The second-order valence-electron chi connectivity index (χ2n) is 6.01. The summed E-state index contributed by atoms with van der Waals surface area (Å²) in [7, 11) is 3.41. The van der Waals surface area contributed by atoms with Gasteiger partial charge in [0, 0.05) is 31.4 Å². The van der Waals surface area contributed by atoms with E-state index in [1.54, 1.807) is 18.9 Å². The van der Waals surface area contributed by atoms with Crippen LogP contribution in [0.3, 0.4) is 0 Å². The number of hydrogen-bond donors (Lipinski definition) is 1. The van der Waals surface area contributed by atoms with E-state index in [2.05, 4.69) is 4.90 Å². The molecule has 1 aliphatic heterocycles. The minimum absolute atomic E-state index is 0.0770. The molecule has 0 bridgehead atoms. The van der Waals surface area contributed by atoms with Crippen molar-refractivity contribution in [2.75, 3.05) is 32.1 Å². The molecule has 1 heterocycles. The van der Waals surface area contributed by atoms with Crippen LogP contribution in [-0.2, 0) is 4.79 Å². The average molecular weight is 292 g/mol. The fourth-order valence-corrected chi connectivity index (χ4v) is 3.00. The summed E-state index contributed by atoms with van der Waals surface area (Å²) in [4.78, 5) is 16.3. The molecule has 1 atom stereocenters. The molecule has 1 amide bonds. The van der Waals surface area contributed by atoms with E-state index in [0.29, 0.717) is 12.3 Å². The molecule has 0 aromatic heterocycles. The van der Waals surface area contributed by atoms with Gasteiger partial charge in [0.2, 0.25) is 5.91 Å². The Bertz CT molecular complexity index is 540. The van der Waals surface area contributed by atoms with Gasteiger partial charge in [0.05, 0.1) is 13.2 Å². The van der Waals surface area contributed by atoms with Crippen molar-refractivity contribution in [1.29, 1.82) is 0 Å². The molecule has 1 aliphatic rings. The predicted molar refractivity (Wildman–Crippen MR) is 82.7 cm³/mol. The van der Waals surface area contributed by atoms with Crippen LogP contribution in [0.5, 0.6) is 5.75 Å². The smallest absolute Gasteiger partial charge is 0.247 e. The molecule has 116 valence electrons. The zero-order valence-electron chi connectivity index (χ0n) is 13.4. The van der Waals surface area contributed by atoms with Crippen molar-refractivity contribution in [3.8, 4) is 5.75 Å². The molecule has 21 heavy (non-hydrogen) atoms. The number of piperazine rings is 1. The lowest BCUT2D eigenvalue weighted by atomic mass is 9.94. The number of aliphatic hydroxyl groups excluding tert-OH is 1. The molecule has 1 saturated heterocycles. The fourth-order valence-electron chi connectivity index (χ4n) is 3.00. The van der Waals surface area contributed by atoms with E-state index in [9.17, 15) is 9.90 Å². The van der Waals surface area contributed by atoms with Gasteiger partial charge in [-0.3, -0.25) is 4.79 Å². The third-order valence-electron chi connectivity index (χ3n) is 4.18. The molecule has 1 aromatic rings. The van der Waals surface area contributed by atoms with E-state index in [4.69, 9.17) is 4.74 Å². The van der Waals surface area contributed by atoms with Gasteiger partial charge in [0.25, 0.3) is 0 Å². The lowest BCUT2D eigenvalue weighted by Crippen LogP contribution is -2.62. The molecule has 1 aromatic carbocycles. The highest BCUT2D eigenvalue weighted by atomic mass is 16.5. The summed E-state index contributed by atoms with van der Waals surface area (Å²) < 4.78 is 5.37. The Morgan fingerprint density at radius 1 is 1.33 bits per heavy atom. The molecule has 0 unspecified atom stereocenters. The highest BCUT2D eigenvalue weighted by molar-refractivity contribution is 5.90. The summed E-state index contributed by atoms with van der Waals surface area (Å²) in [5.41, 5.74) is 0.935. The number of hydrogen-bond acceptors (Lipinski definition) is 4. The average Bonchev–Trinajstić information content (AvgIpc) is 2.44. The van der Waals surface area contributed by atoms with Crippen LogP contribution in [0.25, 0.3) is 0 Å². The van der Waals surface area contributed by atoms with Crippen LogP contribution in [0.1, 0.15) is 32.4 Å². The first-order chi connectivity index (χ1) is 9.80. The normalized spacial score (nSPS) is 19.6. The Labute approximate surface area is 126 Å². The van der Waals surface area contributed by atoms with Gasteiger partial charge >= 0.3 is 0 Å². The molecular weight excluding hydrogens is 268 g/mol. The molecule has 0 aliphatic carbocycles. The van der Waals surface area contributed by atoms with Crippen molar-refractivity contribution < 1.29 is 14.6 Å². The maximum Gasteiger partial charge on any atom is 0.247 e. The summed E-state index contributed by atoms with van der Waals surface area (Å²) in [5, 5.41) is 10.1. The summed E-state index contributed by atoms with van der Waals surface area (Å²) in [6, 6.07) is 5.65. The van der Waals surface area contributed by atoms with Crippen LogP contribution in [0.4, 0.5) is 5.69 Å². The first kappa shape index (κ1) is 15.6. The van der Waals surface area contributed by atoms with Gasteiger partial charge in [0.15, 0.2) is 0 Å². The molecule has 1 fully saturated rings. The number of rotatable bonds is 3. The second-order valence-corrected chi connectivity index (χ2v) is 6.01. The molecular formula is C16H24N2O3. The Hall–Kier alpha value is -1.75. The van der Waals surface area contributed by atoms with Crippen LogP contribution in [-0.4, -0.2) is 48.7 Å². The Morgan fingerprint density at radius 2 is 2.00 bits per heavy atom. The molecule has 5 nitrogen and oxygen atoms in total. The number of benzene rings is 1. The monoisotopic (exact) mass is 292 g/mol. The zero-order valence-corrected chi connectivity index (χ0v) is 13.4. The van der Waals surface area contributed by atoms with E-state index in [-0.39, 0.29) is 5.91 Å². The van der Waals surface area contributed by atoms with E-state index in [1.807, 2.05) is 39.1 Å². The van der Waals surface area contributed by atoms with Crippen molar-refractivity contribution >= 4 is 11.6 Å². The molecule has 1 N–H and O–H groups in total. The van der Waals surface area contributed by atoms with Gasteiger partial charge in [-0.25, -0.2) is 0 Å². The van der Waals surface area contributed by atoms with Crippen LogP contribution < -0.4 is 9.64 Å². The lowest BCUT2D eigenvalue weighted by Gasteiger charge is -2.47. The van der Waals surface area contributed by atoms with Crippen LogP contribution >= 0.6 is 0 Å². The van der Waals surface area contributed by atoms with Gasteiger partial charge < -0.3 is 19.6 Å². The fraction of sp³-hybridized carbons (Fsp3) is 0.562. The third-order valence-corrected chi connectivity index (χ3v) is 4.18. The Balaban J connectivity index is 2.54. The highest BCUT2D eigenvalue weighted by Gasteiger charge is 2.41. The number of ether oxygens (including phenoxy) is 1. The van der Waals surface area contributed by atoms with E-state index >= 15 is 0 Å².